The number of nitrogens with one attached hydrogen (secondary N) is 2. The molecule has 0 radical (unpaired) electrons. The first kappa shape index (κ1) is 14.0. The highest BCUT2D eigenvalue weighted by molar-refractivity contribution is 5.90. The lowest BCUT2D eigenvalue weighted by molar-refractivity contribution is -0.116. The fraction of sp³-hybridized carbons (Fsp3) is 0.500. The van der Waals surface area contributed by atoms with Crippen molar-refractivity contribution in [2.24, 2.45) is 0 Å². The highest BCUT2D eigenvalue weighted by Crippen LogP contribution is 2.12. The summed E-state index contributed by atoms with van der Waals surface area (Å²) in [7, 11) is 0. The van der Waals surface area contributed by atoms with E-state index in [9.17, 15) is 9.18 Å². The Bertz CT molecular complexity index is 420. The Kier molecular flexibility index (Phi) is 5.30. The Morgan fingerprint density at radius 2 is 2.26 bits per heavy atom. The molecule has 1 aliphatic heterocycles. The molecule has 1 aliphatic rings. The van der Waals surface area contributed by atoms with Crippen molar-refractivity contribution in [3.8, 4) is 0 Å². The van der Waals surface area contributed by atoms with Crippen molar-refractivity contribution in [3.63, 3.8) is 0 Å². The predicted molar refractivity (Wildman–Crippen MR) is 71.5 cm³/mol. The van der Waals surface area contributed by atoms with Gasteiger partial charge in [0.25, 0.3) is 0 Å². The van der Waals surface area contributed by atoms with Crippen LogP contribution in [0.25, 0.3) is 0 Å². The summed E-state index contributed by atoms with van der Waals surface area (Å²) in [6.45, 7) is 2.17. The summed E-state index contributed by atoms with van der Waals surface area (Å²) >= 11 is 0. The van der Waals surface area contributed by atoms with Crippen LogP contribution in [0, 0.1) is 5.82 Å². The molecule has 1 aromatic rings. The first-order valence-corrected chi connectivity index (χ1v) is 6.62. The van der Waals surface area contributed by atoms with Crippen LogP contribution in [0.3, 0.4) is 0 Å². The molecule has 1 atom stereocenters. The number of rotatable bonds is 6. The lowest BCUT2D eigenvalue weighted by Crippen LogP contribution is -2.29. The molecule has 19 heavy (non-hydrogen) atoms. The molecule has 0 aliphatic carbocycles. The van der Waals surface area contributed by atoms with Crippen molar-refractivity contribution in [1.29, 1.82) is 0 Å². The average molecular weight is 266 g/mol. The molecular formula is C14H19FN2O2. The number of halogens is 1. The maximum Gasteiger partial charge on any atom is 0.225 e. The minimum absolute atomic E-state index is 0.190. The number of carbonyl (C=O) groups excluding carboxylic acids is 1. The summed E-state index contributed by atoms with van der Waals surface area (Å²) < 4.78 is 18.8. The van der Waals surface area contributed by atoms with E-state index in [0.717, 1.165) is 26.0 Å². The lowest BCUT2D eigenvalue weighted by atomic mass is 10.2. The second-order valence-corrected chi connectivity index (χ2v) is 4.62. The number of para-hydroxylation sites is 1. The van der Waals surface area contributed by atoms with Gasteiger partial charge in [-0.05, 0) is 25.0 Å². The quantitative estimate of drug-likeness (QED) is 0.773. The summed E-state index contributed by atoms with van der Waals surface area (Å²) in [4.78, 5) is 11.6. The maximum absolute atomic E-state index is 13.3. The Morgan fingerprint density at radius 1 is 1.42 bits per heavy atom. The predicted octanol–water partition coefficient (Wildman–Crippen LogP) is 1.92. The number of hydrogen-bond acceptors (Lipinski definition) is 3. The van der Waals surface area contributed by atoms with Crippen LogP contribution >= 0.6 is 0 Å². The van der Waals surface area contributed by atoms with Gasteiger partial charge in [0.1, 0.15) is 5.82 Å². The van der Waals surface area contributed by atoms with E-state index in [1.165, 1.54) is 6.07 Å². The van der Waals surface area contributed by atoms with Crippen LogP contribution in [0.1, 0.15) is 19.3 Å². The molecule has 1 aromatic carbocycles. The van der Waals surface area contributed by atoms with Gasteiger partial charge in [-0.15, -0.1) is 0 Å². The molecule has 5 heteroatoms. The molecule has 0 bridgehead atoms. The molecule has 2 N–H and O–H groups in total. The summed E-state index contributed by atoms with van der Waals surface area (Å²) in [5, 5.41) is 5.73. The largest absolute Gasteiger partial charge is 0.377 e. The van der Waals surface area contributed by atoms with E-state index in [4.69, 9.17) is 4.74 Å². The third-order valence-electron chi connectivity index (χ3n) is 3.07. The van der Waals surface area contributed by atoms with Crippen molar-refractivity contribution >= 4 is 11.6 Å². The van der Waals surface area contributed by atoms with E-state index >= 15 is 0 Å². The summed E-state index contributed by atoms with van der Waals surface area (Å²) in [5.74, 6) is -0.604. The molecule has 1 fully saturated rings. The highest BCUT2D eigenvalue weighted by Gasteiger charge is 2.14. The average Bonchev–Trinajstić information content (AvgIpc) is 2.91. The van der Waals surface area contributed by atoms with E-state index in [1.54, 1.807) is 18.2 Å². The van der Waals surface area contributed by atoms with E-state index < -0.39 is 5.82 Å². The van der Waals surface area contributed by atoms with Crippen molar-refractivity contribution in [2.75, 3.05) is 25.0 Å². The van der Waals surface area contributed by atoms with Gasteiger partial charge in [0, 0.05) is 26.1 Å². The van der Waals surface area contributed by atoms with Gasteiger partial charge in [0.2, 0.25) is 5.91 Å². The second kappa shape index (κ2) is 7.21. The Morgan fingerprint density at radius 3 is 3.00 bits per heavy atom. The second-order valence-electron chi connectivity index (χ2n) is 4.62. The number of anilines is 1. The molecule has 1 unspecified atom stereocenters. The fourth-order valence-electron chi connectivity index (χ4n) is 2.05. The van der Waals surface area contributed by atoms with Gasteiger partial charge in [-0.1, -0.05) is 12.1 Å². The normalized spacial score (nSPS) is 18.5. The third kappa shape index (κ3) is 4.61. The van der Waals surface area contributed by atoms with Gasteiger partial charge in [0.15, 0.2) is 0 Å². The van der Waals surface area contributed by atoms with E-state index in [2.05, 4.69) is 10.6 Å². The van der Waals surface area contributed by atoms with Gasteiger partial charge in [0.05, 0.1) is 11.8 Å². The van der Waals surface area contributed by atoms with Crippen LogP contribution in [0.2, 0.25) is 0 Å². The minimum Gasteiger partial charge on any atom is -0.377 e. The van der Waals surface area contributed by atoms with Gasteiger partial charge in [-0.25, -0.2) is 4.39 Å². The van der Waals surface area contributed by atoms with Gasteiger partial charge >= 0.3 is 0 Å². The topological polar surface area (TPSA) is 50.4 Å². The Hall–Kier alpha value is -1.46. The zero-order valence-corrected chi connectivity index (χ0v) is 10.8. The molecule has 1 heterocycles. The Balaban J connectivity index is 1.63. The molecular weight excluding hydrogens is 247 g/mol. The van der Waals surface area contributed by atoms with Crippen LogP contribution in [-0.4, -0.2) is 31.7 Å². The highest BCUT2D eigenvalue weighted by atomic mass is 19.1. The molecule has 0 saturated carbocycles. The van der Waals surface area contributed by atoms with Gasteiger partial charge < -0.3 is 15.4 Å². The molecule has 104 valence electrons. The SMILES string of the molecule is O=C(CCNCC1CCCO1)Nc1ccccc1F. The smallest absolute Gasteiger partial charge is 0.225 e. The van der Waals surface area contributed by atoms with Crippen LogP contribution in [0.15, 0.2) is 24.3 Å². The monoisotopic (exact) mass is 266 g/mol. The van der Waals surface area contributed by atoms with Crippen molar-refractivity contribution in [1.82, 2.24) is 5.32 Å². The van der Waals surface area contributed by atoms with Crippen LogP contribution in [-0.2, 0) is 9.53 Å². The zero-order valence-electron chi connectivity index (χ0n) is 10.8. The van der Waals surface area contributed by atoms with E-state index in [-0.39, 0.29) is 17.7 Å². The third-order valence-corrected chi connectivity index (χ3v) is 3.07. The summed E-state index contributed by atoms with van der Waals surface area (Å²) in [6.07, 6.45) is 2.78. The number of ether oxygens (including phenoxy) is 1. The van der Waals surface area contributed by atoms with Crippen molar-refractivity contribution in [2.45, 2.75) is 25.4 Å². The van der Waals surface area contributed by atoms with Crippen LogP contribution in [0.5, 0.6) is 0 Å². The summed E-state index contributed by atoms with van der Waals surface area (Å²) in [6, 6.07) is 6.15. The molecule has 2 rings (SSSR count). The fourth-order valence-corrected chi connectivity index (χ4v) is 2.05. The standard InChI is InChI=1S/C14H19FN2O2/c15-12-5-1-2-6-13(12)17-14(18)7-8-16-10-11-4-3-9-19-11/h1-2,5-6,11,16H,3-4,7-10H2,(H,17,18). The van der Waals surface area contributed by atoms with Gasteiger partial charge in [-0.3, -0.25) is 4.79 Å². The lowest BCUT2D eigenvalue weighted by Gasteiger charge is -2.10. The molecule has 1 saturated heterocycles. The molecule has 1 amide bonds. The summed E-state index contributed by atoms with van der Waals surface area (Å²) in [5.41, 5.74) is 0.228. The van der Waals surface area contributed by atoms with Crippen molar-refractivity contribution in [3.05, 3.63) is 30.1 Å². The Labute approximate surface area is 112 Å². The molecule has 4 nitrogen and oxygen atoms in total. The minimum atomic E-state index is -0.414. The number of hydrogen-bond donors (Lipinski definition) is 2. The number of carbonyl (C=O) groups is 1. The van der Waals surface area contributed by atoms with Crippen LogP contribution < -0.4 is 10.6 Å². The van der Waals surface area contributed by atoms with Crippen molar-refractivity contribution < 1.29 is 13.9 Å². The van der Waals surface area contributed by atoms with Gasteiger partial charge in [-0.2, -0.15) is 0 Å². The zero-order chi connectivity index (χ0) is 13.5. The van der Waals surface area contributed by atoms with E-state index in [0.29, 0.717) is 13.0 Å². The van der Waals surface area contributed by atoms with Crippen LogP contribution in [0.4, 0.5) is 10.1 Å². The number of amides is 1. The van der Waals surface area contributed by atoms with E-state index in [1.807, 2.05) is 0 Å². The maximum atomic E-state index is 13.3. The number of benzene rings is 1. The first-order chi connectivity index (χ1) is 9.25. The first-order valence-electron chi connectivity index (χ1n) is 6.62. The molecule has 0 aromatic heterocycles. The molecule has 0 spiro atoms.